The van der Waals surface area contributed by atoms with Crippen LogP contribution in [0.15, 0.2) is 54.9 Å². The Kier molecular flexibility index (Phi) is 6.68. The third-order valence-corrected chi connectivity index (χ3v) is 5.51. The van der Waals surface area contributed by atoms with Crippen molar-refractivity contribution in [1.82, 2.24) is 19.9 Å². The van der Waals surface area contributed by atoms with E-state index in [-0.39, 0.29) is 6.03 Å². The molecule has 2 aliphatic heterocycles. The Labute approximate surface area is 197 Å². The molecule has 0 radical (unpaired) electrons. The average molecular weight is 460 g/mol. The highest BCUT2D eigenvalue weighted by Crippen LogP contribution is 2.25. The van der Waals surface area contributed by atoms with Gasteiger partial charge >= 0.3 is 6.03 Å². The van der Waals surface area contributed by atoms with E-state index in [1.807, 2.05) is 30.3 Å². The van der Waals surface area contributed by atoms with Gasteiger partial charge < -0.3 is 25.0 Å². The molecule has 1 saturated heterocycles. The highest BCUT2D eigenvalue weighted by Gasteiger charge is 2.19. The molecule has 2 aliphatic rings. The molecule has 0 bridgehead atoms. The van der Waals surface area contributed by atoms with Crippen molar-refractivity contribution in [3.63, 3.8) is 0 Å². The smallest absolute Gasteiger partial charge is 0.323 e. The highest BCUT2D eigenvalue weighted by molar-refractivity contribution is 5.99. The SMILES string of the molecule is O=C(Nc1ccncc1)Nc1ccc(-c2nc(C3=CCOCC3)nc(N3CCOCC3)n2)cc1. The first-order valence-corrected chi connectivity index (χ1v) is 11.2. The second-order valence-corrected chi connectivity index (χ2v) is 7.83. The van der Waals surface area contributed by atoms with Gasteiger partial charge in [0.25, 0.3) is 0 Å². The lowest BCUT2D eigenvalue weighted by Gasteiger charge is -2.27. The van der Waals surface area contributed by atoms with Crippen LogP contribution >= 0.6 is 0 Å². The molecule has 1 aromatic carbocycles. The van der Waals surface area contributed by atoms with E-state index in [0.717, 1.165) is 30.6 Å². The van der Waals surface area contributed by atoms with Crippen molar-refractivity contribution >= 4 is 28.9 Å². The Hall–Kier alpha value is -3.89. The van der Waals surface area contributed by atoms with Gasteiger partial charge in [0.15, 0.2) is 11.6 Å². The number of benzene rings is 1. The van der Waals surface area contributed by atoms with Crippen molar-refractivity contribution in [2.45, 2.75) is 6.42 Å². The zero-order chi connectivity index (χ0) is 23.2. The quantitative estimate of drug-likeness (QED) is 0.598. The van der Waals surface area contributed by atoms with Gasteiger partial charge in [-0.1, -0.05) is 6.08 Å². The standard InChI is InChI=1S/C24H25N7O3/c32-24(27-20-5-9-25-10-6-20)26-19-3-1-17(2-4-19)21-28-22(18-7-13-33-14-8-18)30-23(29-21)31-11-15-34-16-12-31/h1-7,9-10H,8,11-16H2,(H2,25,26,27,32). The molecule has 0 saturated carbocycles. The number of hydrogen-bond acceptors (Lipinski definition) is 8. The molecule has 3 aromatic rings. The molecule has 1 fully saturated rings. The highest BCUT2D eigenvalue weighted by atomic mass is 16.5. The second kappa shape index (κ2) is 10.4. The maximum atomic E-state index is 12.3. The lowest BCUT2D eigenvalue weighted by atomic mass is 10.1. The zero-order valence-corrected chi connectivity index (χ0v) is 18.6. The Bertz CT molecular complexity index is 1160. The number of hydrogen-bond donors (Lipinski definition) is 2. The summed E-state index contributed by atoms with van der Waals surface area (Å²) in [5, 5.41) is 5.60. The first-order valence-electron chi connectivity index (χ1n) is 11.2. The van der Waals surface area contributed by atoms with E-state index in [1.165, 1.54) is 0 Å². The molecule has 174 valence electrons. The van der Waals surface area contributed by atoms with Crippen molar-refractivity contribution in [2.75, 3.05) is 55.1 Å². The number of amides is 2. The van der Waals surface area contributed by atoms with Gasteiger partial charge in [0, 0.05) is 42.4 Å². The number of aromatic nitrogens is 4. The third kappa shape index (κ3) is 5.36. The molecule has 10 heteroatoms. The zero-order valence-electron chi connectivity index (χ0n) is 18.6. The third-order valence-electron chi connectivity index (χ3n) is 5.51. The molecular weight excluding hydrogens is 434 g/mol. The summed E-state index contributed by atoms with van der Waals surface area (Å²) < 4.78 is 10.9. The fourth-order valence-electron chi connectivity index (χ4n) is 3.70. The summed E-state index contributed by atoms with van der Waals surface area (Å²) in [6.45, 7) is 3.98. The minimum absolute atomic E-state index is 0.331. The first kappa shape index (κ1) is 21.9. The number of pyridine rings is 1. The lowest BCUT2D eigenvalue weighted by Crippen LogP contribution is -2.37. The second-order valence-electron chi connectivity index (χ2n) is 7.83. The Morgan fingerprint density at radius 1 is 0.824 bits per heavy atom. The predicted molar refractivity (Wildman–Crippen MR) is 129 cm³/mol. The van der Waals surface area contributed by atoms with E-state index < -0.39 is 0 Å². The Morgan fingerprint density at radius 2 is 1.53 bits per heavy atom. The fraction of sp³-hybridized carbons (Fsp3) is 0.292. The fourth-order valence-corrected chi connectivity index (χ4v) is 3.70. The summed E-state index contributed by atoms with van der Waals surface area (Å²) in [6.07, 6.45) is 6.03. The molecule has 0 unspecified atom stereocenters. The number of carbonyl (C=O) groups excluding carboxylic acids is 1. The van der Waals surface area contributed by atoms with Crippen molar-refractivity contribution in [1.29, 1.82) is 0 Å². The number of nitrogens with zero attached hydrogens (tertiary/aromatic N) is 5. The molecule has 0 spiro atoms. The predicted octanol–water partition coefficient (Wildman–Crippen LogP) is 3.22. The largest absolute Gasteiger partial charge is 0.378 e. The average Bonchev–Trinajstić information content (AvgIpc) is 2.90. The van der Waals surface area contributed by atoms with Crippen molar-refractivity contribution in [3.05, 3.63) is 60.7 Å². The van der Waals surface area contributed by atoms with Gasteiger partial charge in [-0.05, 0) is 48.4 Å². The van der Waals surface area contributed by atoms with Crippen LogP contribution in [0.4, 0.5) is 22.1 Å². The van der Waals surface area contributed by atoms with Gasteiger partial charge in [-0.25, -0.2) is 9.78 Å². The van der Waals surface area contributed by atoms with Crippen LogP contribution in [0.1, 0.15) is 12.2 Å². The minimum atomic E-state index is -0.331. The summed E-state index contributed by atoms with van der Waals surface area (Å²) >= 11 is 0. The van der Waals surface area contributed by atoms with Gasteiger partial charge in [-0.15, -0.1) is 0 Å². The van der Waals surface area contributed by atoms with Gasteiger partial charge in [-0.2, -0.15) is 9.97 Å². The number of morpholine rings is 1. The summed E-state index contributed by atoms with van der Waals surface area (Å²) in [5.74, 6) is 1.91. The van der Waals surface area contributed by atoms with Crippen LogP contribution in [0, 0.1) is 0 Å². The number of nitrogens with one attached hydrogen (secondary N) is 2. The maximum absolute atomic E-state index is 12.3. The van der Waals surface area contributed by atoms with Crippen LogP contribution < -0.4 is 15.5 Å². The van der Waals surface area contributed by atoms with Crippen LogP contribution in [0.5, 0.6) is 0 Å². The van der Waals surface area contributed by atoms with Crippen molar-refractivity contribution < 1.29 is 14.3 Å². The molecule has 5 rings (SSSR count). The Balaban J connectivity index is 1.37. The number of urea groups is 1. The van der Waals surface area contributed by atoms with E-state index in [4.69, 9.17) is 24.4 Å². The minimum Gasteiger partial charge on any atom is -0.378 e. The monoisotopic (exact) mass is 459 g/mol. The van der Waals surface area contributed by atoms with E-state index in [9.17, 15) is 4.79 Å². The molecule has 2 aromatic heterocycles. The maximum Gasteiger partial charge on any atom is 0.323 e. The van der Waals surface area contributed by atoms with Gasteiger partial charge in [-0.3, -0.25) is 4.98 Å². The summed E-state index contributed by atoms with van der Waals surface area (Å²) in [7, 11) is 0. The number of anilines is 3. The molecule has 10 nitrogen and oxygen atoms in total. The molecule has 4 heterocycles. The topological polar surface area (TPSA) is 114 Å². The van der Waals surface area contributed by atoms with Crippen molar-refractivity contribution in [2.24, 2.45) is 0 Å². The van der Waals surface area contributed by atoms with Crippen LogP contribution in [0.25, 0.3) is 17.0 Å². The molecule has 0 atom stereocenters. The van der Waals surface area contributed by atoms with E-state index in [2.05, 4.69) is 20.5 Å². The Morgan fingerprint density at radius 3 is 2.24 bits per heavy atom. The van der Waals surface area contributed by atoms with E-state index in [1.54, 1.807) is 24.5 Å². The first-order chi connectivity index (χ1) is 16.7. The summed E-state index contributed by atoms with van der Waals surface area (Å²) in [5.41, 5.74) is 3.23. The van der Waals surface area contributed by atoms with E-state index >= 15 is 0 Å². The molecule has 2 amide bonds. The van der Waals surface area contributed by atoms with Gasteiger partial charge in [0.2, 0.25) is 5.95 Å². The molecular formula is C24H25N7O3. The molecule has 34 heavy (non-hydrogen) atoms. The normalized spacial score (nSPS) is 16.0. The van der Waals surface area contributed by atoms with Crippen LogP contribution in [-0.4, -0.2) is 65.5 Å². The van der Waals surface area contributed by atoms with Crippen LogP contribution in [0.3, 0.4) is 0 Å². The van der Waals surface area contributed by atoms with Gasteiger partial charge in [0.05, 0.1) is 26.4 Å². The van der Waals surface area contributed by atoms with Crippen LogP contribution in [0.2, 0.25) is 0 Å². The van der Waals surface area contributed by atoms with Gasteiger partial charge in [0.1, 0.15) is 0 Å². The number of carbonyl (C=O) groups is 1. The molecule has 0 aliphatic carbocycles. The molecule has 2 N–H and O–H groups in total. The van der Waals surface area contributed by atoms with E-state index in [0.29, 0.717) is 55.4 Å². The summed E-state index contributed by atoms with van der Waals surface area (Å²) in [6, 6.07) is 10.6. The van der Waals surface area contributed by atoms with Crippen molar-refractivity contribution in [3.8, 4) is 11.4 Å². The van der Waals surface area contributed by atoms with Crippen LogP contribution in [-0.2, 0) is 9.47 Å². The summed E-state index contributed by atoms with van der Waals surface area (Å²) in [4.78, 5) is 32.6. The number of rotatable bonds is 5. The number of ether oxygens (including phenoxy) is 2. The lowest BCUT2D eigenvalue weighted by molar-refractivity contribution is 0.122.